The number of nitrogens with zero attached hydrogens (tertiary/aromatic N) is 3. The van der Waals surface area contributed by atoms with E-state index in [0.717, 1.165) is 41.8 Å². The summed E-state index contributed by atoms with van der Waals surface area (Å²) in [6.07, 6.45) is 6.17. The number of ether oxygens (including phenoxy) is 1. The number of sulfone groups is 1. The second-order valence-electron chi connectivity index (χ2n) is 6.14. The lowest BCUT2D eigenvalue weighted by atomic mass is 10.2. The van der Waals surface area contributed by atoms with E-state index in [2.05, 4.69) is 14.5 Å². The van der Waals surface area contributed by atoms with Gasteiger partial charge in [-0.2, -0.15) is 0 Å². The zero-order valence-corrected chi connectivity index (χ0v) is 15.4. The molecule has 0 aliphatic heterocycles. The van der Waals surface area contributed by atoms with E-state index in [-0.39, 0.29) is 5.75 Å². The molecule has 0 radical (unpaired) electrons. The Balaban J connectivity index is 2.18. The van der Waals surface area contributed by atoms with Crippen LogP contribution in [0, 0.1) is 6.92 Å². The van der Waals surface area contributed by atoms with E-state index < -0.39 is 9.84 Å². The molecule has 0 bridgehead atoms. The van der Waals surface area contributed by atoms with Gasteiger partial charge in [0.25, 0.3) is 0 Å². The molecule has 7 nitrogen and oxygen atoms in total. The minimum atomic E-state index is -2.89. The Morgan fingerprint density at radius 2 is 2.04 bits per heavy atom. The van der Waals surface area contributed by atoms with Gasteiger partial charge in [0.1, 0.15) is 21.2 Å². The molecule has 0 amide bonds. The average Bonchev–Trinajstić information content (AvgIpc) is 2.87. The third-order valence-electron chi connectivity index (χ3n) is 3.99. The third kappa shape index (κ3) is 4.67. The van der Waals surface area contributed by atoms with Crippen molar-refractivity contribution in [3.05, 3.63) is 17.6 Å². The third-order valence-corrected chi connectivity index (χ3v) is 5.02. The number of unbranched alkanes of at least 4 members (excludes halogenated alkanes) is 2. The first-order valence-electron chi connectivity index (χ1n) is 8.10. The Labute approximate surface area is 143 Å². The van der Waals surface area contributed by atoms with Crippen LogP contribution < -0.4 is 5.73 Å². The van der Waals surface area contributed by atoms with Gasteiger partial charge in [0.15, 0.2) is 5.82 Å². The number of imidazole rings is 1. The maximum Gasteiger partial charge on any atom is 0.151 e. The lowest BCUT2D eigenvalue weighted by Crippen LogP contribution is -2.08. The minimum Gasteiger partial charge on any atom is -0.384 e. The molecule has 0 aromatic carbocycles. The van der Waals surface area contributed by atoms with E-state index in [4.69, 9.17) is 10.5 Å². The van der Waals surface area contributed by atoms with Crippen molar-refractivity contribution in [3.63, 3.8) is 0 Å². The van der Waals surface area contributed by atoms with Crippen LogP contribution in [0.4, 0.5) is 5.82 Å². The SMILES string of the molecule is COCCc1nc2c(N)ncc(C)c2n1CCCCCS(C)(=O)=O. The first-order valence-corrected chi connectivity index (χ1v) is 10.2. The molecule has 2 heterocycles. The highest BCUT2D eigenvalue weighted by Crippen LogP contribution is 2.24. The van der Waals surface area contributed by atoms with Crippen LogP contribution >= 0.6 is 0 Å². The summed E-state index contributed by atoms with van der Waals surface area (Å²) in [6.45, 7) is 3.37. The standard InChI is InChI=1S/C16H26N4O3S/c1-12-11-18-16(17)14-15(12)20(13(19-14)7-9-23-2)8-5-4-6-10-24(3,21)22/h11H,4-10H2,1-3H3,(H2,17,18). The molecule has 2 aromatic rings. The van der Waals surface area contributed by atoms with Gasteiger partial charge in [-0.15, -0.1) is 0 Å². The number of aryl methyl sites for hydroxylation is 2. The summed E-state index contributed by atoms with van der Waals surface area (Å²) in [5, 5.41) is 0. The number of hydrogen-bond acceptors (Lipinski definition) is 6. The average molecular weight is 354 g/mol. The van der Waals surface area contributed by atoms with Crippen molar-refractivity contribution >= 4 is 26.7 Å². The van der Waals surface area contributed by atoms with Crippen molar-refractivity contribution in [3.8, 4) is 0 Å². The topological polar surface area (TPSA) is 100 Å². The Bertz CT molecular complexity index is 799. The van der Waals surface area contributed by atoms with Gasteiger partial charge < -0.3 is 15.0 Å². The van der Waals surface area contributed by atoms with Crippen molar-refractivity contribution in [2.24, 2.45) is 0 Å². The highest BCUT2D eigenvalue weighted by molar-refractivity contribution is 7.90. The Morgan fingerprint density at radius 1 is 1.29 bits per heavy atom. The molecule has 0 aliphatic carbocycles. The first kappa shape index (κ1) is 18.7. The van der Waals surface area contributed by atoms with E-state index in [1.807, 2.05) is 6.92 Å². The zero-order chi connectivity index (χ0) is 17.7. The van der Waals surface area contributed by atoms with Crippen LogP contribution in [0.2, 0.25) is 0 Å². The van der Waals surface area contributed by atoms with Gasteiger partial charge in [-0.3, -0.25) is 0 Å². The van der Waals surface area contributed by atoms with Crippen molar-refractivity contribution in [2.45, 2.75) is 39.2 Å². The normalized spacial score (nSPS) is 12.1. The van der Waals surface area contributed by atoms with Crippen LogP contribution in [0.5, 0.6) is 0 Å². The number of anilines is 1. The summed E-state index contributed by atoms with van der Waals surface area (Å²) in [7, 11) is -1.22. The molecule has 0 spiro atoms. The van der Waals surface area contributed by atoms with E-state index in [1.165, 1.54) is 6.26 Å². The van der Waals surface area contributed by atoms with Crippen molar-refractivity contribution < 1.29 is 13.2 Å². The number of nitrogens with two attached hydrogens (primary N) is 1. The van der Waals surface area contributed by atoms with Gasteiger partial charge in [-0.25, -0.2) is 18.4 Å². The number of rotatable bonds is 9. The fourth-order valence-electron chi connectivity index (χ4n) is 2.80. The summed E-state index contributed by atoms with van der Waals surface area (Å²) in [4.78, 5) is 8.83. The maximum absolute atomic E-state index is 11.2. The smallest absolute Gasteiger partial charge is 0.151 e. The van der Waals surface area contributed by atoms with Crippen LogP contribution in [0.25, 0.3) is 11.0 Å². The van der Waals surface area contributed by atoms with Gasteiger partial charge in [-0.05, 0) is 25.3 Å². The molecule has 24 heavy (non-hydrogen) atoms. The molecule has 0 saturated heterocycles. The molecule has 2 aromatic heterocycles. The molecule has 2 N–H and O–H groups in total. The summed E-state index contributed by atoms with van der Waals surface area (Å²) >= 11 is 0. The number of methoxy groups -OCH3 is 1. The fraction of sp³-hybridized carbons (Fsp3) is 0.625. The molecule has 0 fully saturated rings. The number of hydrogen-bond donors (Lipinski definition) is 1. The molecule has 134 valence electrons. The van der Waals surface area contributed by atoms with Gasteiger partial charge in [0.2, 0.25) is 0 Å². The van der Waals surface area contributed by atoms with Crippen molar-refractivity contribution in [1.29, 1.82) is 0 Å². The number of nitrogen functional groups attached to an aromatic ring is 1. The first-order chi connectivity index (χ1) is 11.3. The molecule has 0 atom stereocenters. The van der Waals surface area contributed by atoms with Gasteiger partial charge >= 0.3 is 0 Å². The zero-order valence-electron chi connectivity index (χ0n) is 14.6. The van der Waals surface area contributed by atoms with E-state index in [9.17, 15) is 8.42 Å². The number of pyridine rings is 1. The lowest BCUT2D eigenvalue weighted by Gasteiger charge is -2.10. The summed E-state index contributed by atoms with van der Waals surface area (Å²) in [6, 6.07) is 0. The molecule has 2 rings (SSSR count). The predicted octanol–water partition coefficient (Wildman–Crippen LogP) is 1.73. The van der Waals surface area contributed by atoms with Crippen molar-refractivity contribution in [2.75, 3.05) is 31.5 Å². The van der Waals surface area contributed by atoms with Gasteiger partial charge in [0.05, 0.1) is 12.1 Å². The largest absolute Gasteiger partial charge is 0.384 e. The molecule has 0 unspecified atom stereocenters. The quantitative estimate of drug-likeness (QED) is 0.688. The number of aromatic nitrogens is 3. The second kappa shape index (κ2) is 7.94. The summed E-state index contributed by atoms with van der Waals surface area (Å²) in [5.41, 5.74) is 8.75. The van der Waals surface area contributed by atoms with E-state index >= 15 is 0 Å². The second-order valence-corrected chi connectivity index (χ2v) is 8.40. The van der Waals surface area contributed by atoms with Crippen LogP contribution in [-0.4, -0.2) is 48.7 Å². The fourth-order valence-corrected chi connectivity index (χ4v) is 3.53. The van der Waals surface area contributed by atoms with Crippen molar-refractivity contribution in [1.82, 2.24) is 14.5 Å². The monoisotopic (exact) mass is 354 g/mol. The highest BCUT2D eigenvalue weighted by Gasteiger charge is 2.15. The minimum absolute atomic E-state index is 0.240. The Morgan fingerprint density at radius 3 is 2.71 bits per heavy atom. The van der Waals surface area contributed by atoms with E-state index in [0.29, 0.717) is 25.3 Å². The summed E-state index contributed by atoms with van der Waals surface area (Å²) in [5.74, 6) is 1.60. The summed E-state index contributed by atoms with van der Waals surface area (Å²) < 4.78 is 29.7. The number of fused-ring (bicyclic) bond motifs is 1. The maximum atomic E-state index is 11.2. The molecule has 0 aliphatic rings. The van der Waals surface area contributed by atoms with Crippen LogP contribution in [-0.2, 0) is 27.5 Å². The highest BCUT2D eigenvalue weighted by atomic mass is 32.2. The molecule has 0 saturated carbocycles. The Hall–Kier alpha value is -1.67. The Kier molecular flexibility index (Phi) is 6.17. The van der Waals surface area contributed by atoms with E-state index in [1.54, 1.807) is 13.3 Å². The van der Waals surface area contributed by atoms with Crippen LogP contribution in [0.15, 0.2) is 6.20 Å². The molecular formula is C16H26N4O3S. The van der Waals surface area contributed by atoms with Gasteiger partial charge in [-0.1, -0.05) is 6.42 Å². The van der Waals surface area contributed by atoms with Crippen LogP contribution in [0.1, 0.15) is 30.7 Å². The van der Waals surface area contributed by atoms with Crippen LogP contribution in [0.3, 0.4) is 0 Å². The predicted molar refractivity (Wildman–Crippen MR) is 95.8 cm³/mol. The van der Waals surface area contributed by atoms with Gasteiger partial charge in [0, 0.05) is 38.3 Å². The molecular weight excluding hydrogens is 328 g/mol. The molecule has 8 heteroatoms. The lowest BCUT2D eigenvalue weighted by molar-refractivity contribution is 0.199.